The third kappa shape index (κ3) is 5.27. The lowest BCUT2D eigenvalue weighted by Crippen LogP contribution is -2.08. The van der Waals surface area contributed by atoms with Crippen molar-refractivity contribution in [3.05, 3.63) is 60.4 Å². The van der Waals surface area contributed by atoms with Crippen molar-refractivity contribution in [1.29, 1.82) is 0 Å². The summed E-state index contributed by atoms with van der Waals surface area (Å²) in [5.74, 6) is 0.537. The lowest BCUT2D eigenvalue weighted by Gasteiger charge is -2.10. The molecule has 3 rings (SSSR count). The Morgan fingerprint density at radius 3 is 1.84 bits per heavy atom. The molecule has 0 aliphatic carbocycles. The van der Waals surface area contributed by atoms with E-state index in [1.54, 1.807) is 12.1 Å². The topological polar surface area (TPSA) is 84.0 Å². The van der Waals surface area contributed by atoms with Crippen LogP contribution in [0.15, 0.2) is 54.6 Å². The van der Waals surface area contributed by atoms with Gasteiger partial charge >= 0.3 is 0 Å². The number of hydrogen-bond donors (Lipinski definition) is 3. The van der Waals surface area contributed by atoms with E-state index in [1.165, 1.54) is 19.2 Å². The van der Waals surface area contributed by atoms with Crippen molar-refractivity contribution in [3.63, 3.8) is 0 Å². The van der Waals surface area contributed by atoms with Crippen molar-refractivity contribution in [1.82, 2.24) is 15.0 Å². The van der Waals surface area contributed by atoms with Crippen LogP contribution in [0.3, 0.4) is 0 Å². The minimum atomic E-state index is -0.315. The van der Waals surface area contributed by atoms with E-state index in [4.69, 9.17) is 4.84 Å². The molecule has 0 aliphatic rings. The molecule has 2 aromatic carbocycles. The van der Waals surface area contributed by atoms with E-state index in [2.05, 4.69) is 31.1 Å². The lowest BCUT2D eigenvalue weighted by atomic mass is 10.3. The van der Waals surface area contributed by atoms with E-state index in [-0.39, 0.29) is 30.1 Å². The molecule has 0 fully saturated rings. The van der Waals surface area contributed by atoms with E-state index in [0.29, 0.717) is 11.6 Å². The Kier molecular flexibility index (Phi) is 6.44. The van der Waals surface area contributed by atoms with Gasteiger partial charge in [0.25, 0.3) is 5.95 Å². The number of nitrogens with zero attached hydrogens (tertiary/aromatic N) is 3. The van der Waals surface area contributed by atoms with Crippen LogP contribution < -0.4 is 16.1 Å². The molecule has 1 aromatic heterocycles. The Morgan fingerprint density at radius 2 is 1.28 bits per heavy atom. The number of aromatic nitrogens is 3. The third-order valence-electron chi connectivity index (χ3n) is 2.96. The second-order valence-corrected chi connectivity index (χ2v) is 4.74. The number of hydrogen-bond acceptors (Lipinski definition) is 7. The zero-order chi connectivity index (χ0) is 16.8. The summed E-state index contributed by atoms with van der Waals surface area (Å²) in [6.07, 6.45) is 0. The van der Waals surface area contributed by atoms with Gasteiger partial charge in [-0.25, -0.2) is 9.87 Å². The van der Waals surface area contributed by atoms with Gasteiger partial charge < -0.3 is 10.6 Å². The molecule has 0 atom stereocenters. The first-order valence-electron chi connectivity index (χ1n) is 7.13. The molecule has 0 bridgehead atoms. The van der Waals surface area contributed by atoms with E-state index >= 15 is 0 Å². The van der Waals surface area contributed by atoms with Crippen molar-refractivity contribution in [2.75, 3.05) is 23.2 Å². The Morgan fingerprint density at radius 1 is 0.760 bits per heavy atom. The average molecular weight is 363 g/mol. The van der Waals surface area contributed by atoms with Crippen molar-refractivity contribution >= 4 is 41.6 Å². The second kappa shape index (κ2) is 8.76. The molecule has 25 heavy (non-hydrogen) atoms. The van der Waals surface area contributed by atoms with Crippen LogP contribution in [0.5, 0.6) is 0 Å². The molecule has 9 heteroatoms. The molecule has 3 N–H and O–H groups in total. The van der Waals surface area contributed by atoms with Crippen LogP contribution in [0.25, 0.3) is 0 Å². The van der Waals surface area contributed by atoms with E-state index in [9.17, 15) is 4.39 Å². The predicted molar refractivity (Wildman–Crippen MR) is 97.1 cm³/mol. The Bertz CT molecular complexity index is 803. The molecular formula is C16H16ClFN6O. The SMILES string of the molecule is CONc1nc(Nc2ccccc2)nc(Nc2ccc(F)cc2)n1.Cl. The molecule has 7 nitrogen and oxygen atoms in total. The molecule has 0 unspecified atom stereocenters. The number of anilines is 5. The zero-order valence-corrected chi connectivity index (χ0v) is 14.0. The van der Waals surface area contributed by atoms with Crippen LogP contribution in [0, 0.1) is 5.82 Å². The number of rotatable bonds is 6. The summed E-state index contributed by atoms with van der Waals surface area (Å²) in [5.41, 5.74) is 4.05. The van der Waals surface area contributed by atoms with Gasteiger partial charge in [0.1, 0.15) is 5.82 Å². The van der Waals surface area contributed by atoms with Crippen LogP contribution in [0.1, 0.15) is 0 Å². The third-order valence-corrected chi connectivity index (χ3v) is 2.96. The summed E-state index contributed by atoms with van der Waals surface area (Å²) in [5, 5.41) is 6.07. The normalized spacial score (nSPS) is 9.84. The predicted octanol–water partition coefficient (Wildman–Crippen LogP) is 3.89. The molecular weight excluding hydrogens is 347 g/mol. The van der Waals surface area contributed by atoms with Crippen LogP contribution in [-0.2, 0) is 4.84 Å². The first-order chi connectivity index (χ1) is 11.7. The highest BCUT2D eigenvalue weighted by Gasteiger charge is 2.07. The van der Waals surface area contributed by atoms with Gasteiger partial charge in [-0.2, -0.15) is 15.0 Å². The van der Waals surface area contributed by atoms with Crippen LogP contribution in [-0.4, -0.2) is 22.1 Å². The number of nitrogens with one attached hydrogen (secondary N) is 3. The van der Waals surface area contributed by atoms with Crippen molar-refractivity contribution in [2.45, 2.75) is 0 Å². The van der Waals surface area contributed by atoms with E-state index < -0.39 is 0 Å². The van der Waals surface area contributed by atoms with Crippen molar-refractivity contribution in [3.8, 4) is 0 Å². The fourth-order valence-electron chi connectivity index (χ4n) is 1.94. The van der Waals surface area contributed by atoms with Crippen LogP contribution in [0.2, 0.25) is 0 Å². The number of halogens is 2. The van der Waals surface area contributed by atoms with Gasteiger partial charge in [-0.3, -0.25) is 4.84 Å². The highest BCUT2D eigenvalue weighted by molar-refractivity contribution is 5.85. The highest BCUT2D eigenvalue weighted by atomic mass is 35.5. The van der Waals surface area contributed by atoms with E-state index in [1.807, 2.05) is 30.3 Å². The first kappa shape index (κ1) is 18.4. The van der Waals surface area contributed by atoms with Gasteiger partial charge in [-0.1, -0.05) is 18.2 Å². The van der Waals surface area contributed by atoms with Gasteiger partial charge in [0, 0.05) is 11.4 Å². The fourth-order valence-corrected chi connectivity index (χ4v) is 1.94. The number of benzene rings is 2. The zero-order valence-electron chi connectivity index (χ0n) is 13.2. The monoisotopic (exact) mass is 362 g/mol. The van der Waals surface area contributed by atoms with Gasteiger partial charge in [0.05, 0.1) is 7.11 Å². The standard InChI is InChI=1S/C16H15FN6O.ClH/c1-24-23-16-21-14(18-12-5-3-2-4-6-12)20-15(22-16)19-13-9-7-11(17)8-10-13;/h2-10H,1H3,(H3,18,19,20,21,22,23);1H. The molecule has 0 radical (unpaired) electrons. The summed E-state index contributed by atoms with van der Waals surface area (Å²) < 4.78 is 13.0. The van der Waals surface area contributed by atoms with Gasteiger partial charge in [-0.15, -0.1) is 12.4 Å². The maximum Gasteiger partial charge on any atom is 0.253 e. The fraction of sp³-hybridized carbons (Fsp3) is 0.0625. The lowest BCUT2D eigenvalue weighted by molar-refractivity contribution is 0.267. The minimum absolute atomic E-state index is 0. The molecule has 0 amide bonds. The Balaban J connectivity index is 0.00000225. The van der Waals surface area contributed by atoms with Gasteiger partial charge in [-0.05, 0) is 36.4 Å². The van der Waals surface area contributed by atoms with Crippen LogP contribution >= 0.6 is 12.4 Å². The van der Waals surface area contributed by atoms with Crippen LogP contribution in [0.4, 0.5) is 33.6 Å². The molecule has 0 saturated carbocycles. The summed E-state index contributed by atoms with van der Waals surface area (Å²) in [7, 11) is 1.46. The maximum atomic E-state index is 13.0. The largest absolute Gasteiger partial charge is 0.324 e. The Labute approximate surface area is 150 Å². The molecule has 0 saturated heterocycles. The van der Waals surface area contributed by atoms with Crippen molar-refractivity contribution < 1.29 is 9.23 Å². The minimum Gasteiger partial charge on any atom is -0.324 e. The first-order valence-corrected chi connectivity index (χ1v) is 7.13. The quantitative estimate of drug-likeness (QED) is 0.573. The Hall–Kier alpha value is -2.97. The van der Waals surface area contributed by atoms with Gasteiger partial charge in [0.2, 0.25) is 11.9 Å². The summed E-state index contributed by atoms with van der Waals surface area (Å²) in [6.45, 7) is 0. The maximum absolute atomic E-state index is 13.0. The van der Waals surface area contributed by atoms with Crippen molar-refractivity contribution in [2.24, 2.45) is 0 Å². The molecule has 3 aromatic rings. The number of para-hydroxylation sites is 1. The smallest absolute Gasteiger partial charge is 0.253 e. The molecule has 0 spiro atoms. The molecule has 0 aliphatic heterocycles. The summed E-state index contributed by atoms with van der Waals surface area (Å²) in [6, 6.07) is 15.4. The highest BCUT2D eigenvalue weighted by Crippen LogP contribution is 2.18. The van der Waals surface area contributed by atoms with E-state index in [0.717, 1.165) is 5.69 Å². The van der Waals surface area contributed by atoms with Gasteiger partial charge in [0.15, 0.2) is 0 Å². The average Bonchev–Trinajstić information content (AvgIpc) is 2.58. The second-order valence-electron chi connectivity index (χ2n) is 4.74. The molecule has 1 heterocycles. The molecule has 130 valence electrons. The summed E-state index contributed by atoms with van der Waals surface area (Å²) in [4.78, 5) is 17.5. The summed E-state index contributed by atoms with van der Waals surface area (Å²) >= 11 is 0.